The summed E-state index contributed by atoms with van der Waals surface area (Å²) >= 11 is 3.06. The molecule has 1 aliphatic rings. The molecule has 21 heavy (non-hydrogen) atoms. The van der Waals surface area contributed by atoms with E-state index in [9.17, 15) is 21.6 Å². The molecule has 0 radical (unpaired) electrons. The van der Waals surface area contributed by atoms with Crippen molar-refractivity contribution in [2.45, 2.75) is 24.5 Å². The zero-order chi connectivity index (χ0) is 15.8. The average Bonchev–Trinajstić information content (AvgIpc) is 2.36. The molecule has 1 aromatic carbocycles. The Morgan fingerprint density at radius 2 is 2.05 bits per heavy atom. The highest BCUT2D eigenvalue weighted by atomic mass is 79.9. The molecule has 1 aromatic rings. The summed E-state index contributed by atoms with van der Waals surface area (Å²) < 4.78 is 62.3. The maximum absolute atomic E-state index is 13.1. The summed E-state index contributed by atoms with van der Waals surface area (Å²) in [6.07, 6.45) is -4.43. The normalized spacial score (nSPS) is 22.3. The van der Waals surface area contributed by atoms with Crippen LogP contribution < -0.4 is 4.90 Å². The van der Waals surface area contributed by atoms with Gasteiger partial charge in [-0.25, -0.2) is 8.42 Å². The molecular formula is C13H15BrF3NO2S. The van der Waals surface area contributed by atoms with Gasteiger partial charge >= 0.3 is 6.18 Å². The molecule has 1 aliphatic heterocycles. The number of nitrogens with zero attached hydrogens (tertiary/aromatic N) is 1. The molecule has 1 fully saturated rings. The Morgan fingerprint density at radius 1 is 1.38 bits per heavy atom. The van der Waals surface area contributed by atoms with Crippen molar-refractivity contribution in [1.29, 1.82) is 0 Å². The maximum Gasteiger partial charge on any atom is 0.416 e. The van der Waals surface area contributed by atoms with E-state index in [1.807, 2.05) is 0 Å². The highest BCUT2D eigenvalue weighted by Crippen LogP contribution is 2.36. The molecule has 1 saturated heterocycles. The molecule has 118 valence electrons. The van der Waals surface area contributed by atoms with E-state index in [0.717, 1.165) is 6.07 Å². The van der Waals surface area contributed by atoms with E-state index in [4.69, 9.17) is 0 Å². The van der Waals surface area contributed by atoms with Gasteiger partial charge in [0.15, 0.2) is 9.84 Å². The monoisotopic (exact) mass is 385 g/mol. The van der Waals surface area contributed by atoms with Gasteiger partial charge in [-0.2, -0.15) is 13.2 Å². The van der Waals surface area contributed by atoms with Gasteiger partial charge in [-0.15, -0.1) is 0 Å². The van der Waals surface area contributed by atoms with E-state index in [-0.39, 0.29) is 35.0 Å². The smallest absolute Gasteiger partial charge is 0.367 e. The molecule has 2 rings (SSSR count). The predicted molar refractivity (Wildman–Crippen MR) is 79.5 cm³/mol. The molecule has 0 amide bonds. The summed E-state index contributed by atoms with van der Waals surface area (Å²) in [5.74, 6) is -0.0621. The lowest BCUT2D eigenvalue weighted by molar-refractivity contribution is -0.138. The van der Waals surface area contributed by atoms with E-state index in [0.29, 0.717) is 5.69 Å². The number of hydrogen-bond donors (Lipinski definition) is 0. The predicted octanol–water partition coefficient (Wildman–Crippen LogP) is 3.22. The van der Waals surface area contributed by atoms with E-state index in [1.54, 1.807) is 17.9 Å². The average molecular weight is 386 g/mol. The first-order chi connectivity index (χ1) is 9.64. The quantitative estimate of drug-likeness (QED) is 0.733. The van der Waals surface area contributed by atoms with Crippen molar-refractivity contribution in [3.63, 3.8) is 0 Å². The van der Waals surface area contributed by atoms with Gasteiger partial charge in [0.25, 0.3) is 0 Å². The fourth-order valence-corrected chi connectivity index (χ4v) is 4.55. The minimum absolute atomic E-state index is 0.0289. The topological polar surface area (TPSA) is 37.4 Å². The van der Waals surface area contributed by atoms with Crippen molar-refractivity contribution < 1.29 is 21.6 Å². The van der Waals surface area contributed by atoms with Crippen molar-refractivity contribution in [3.8, 4) is 0 Å². The summed E-state index contributed by atoms with van der Waals surface area (Å²) in [6, 6.07) is 3.81. The number of rotatable bonds is 2. The Hall–Kier alpha value is -0.760. The Balaban J connectivity index is 2.37. The van der Waals surface area contributed by atoms with Crippen molar-refractivity contribution in [2.24, 2.45) is 0 Å². The van der Waals surface area contributed by atoms with Crippen LogP contribution in [0.5, 0.6) is 0 Å². The van der Waals surface area contributed by atoms with Gasteiger partial charge in [0.05, 0.1) is 17.1 Å². The van der Waals surface area contributed by atoms with E-state index >= 15 is 0 Å². The van der Waals surface area contributed by atoms with E-state index < -0.39 is 21.6 Å². The first-order valence-electron chi connectivity index (χ1n) is 6.37. The lowest BCUT2D eigenvalue weighted by atomic mass is 10.1. The third-order valence-corrected chi connectivity index (χ3v) is 5.94. The van der Waals surface area contributed by atoms with Crippen LogP contribution in [0.3, 0.4) is 0 Å². The number of sulfone groups is 1. The Morgan fingerprint density at radius 3 is 2.57 bits per heavy atom. The molecular weight excluding hydrogens is 371 g/mol. The summed E-state index contributed by atoms with van der Waals surface area (Å²) in [7, 11) is -3.10. The zero-order valence-corrected chi connectivity index (χ0v) is 13.7. The molecule has 1 heterocycles. The van der Waals surface area contributed by atoms with Gasteiger partial charge in [0.1, 0.15) is 0 Å². The number of halogens is 4. The van der Waals surface area contributed by atoms with Crippen LogP contribution in [0.15, 0.2) is 18.2 Å². The highest BCUT2D eigenvalue weighted by Gasteiger charge is 2.35. The number of hydrogen-bond acceptors (Lipinski definition) is 3. The van der Waals surface area contributed by atoms with Crippen LogP contribution in [0.2, 0.25) is 0 Å². The van der Waals surface area contributed by atoms with Crippen LogP contribution in [-0.4, -0.2) is 32.5 Å². The lowest BCUT2D eigenvalue weighted by Gasteiger charge is -2.35. The Labute approximate surface area is 130 Å². The molecule has 0 aromatic heterocycles. The second-order valence-electron chi connectivity index (χ2n) is 5.13. The SMILES string of the molecule is CC1CS(=O)(=O)CCN1c1ccc(CBr)c(C(F)(F)F)c1. The van der Waals surface area contributed by atoms with Gasteiger partial charge in [-0.05, 0) is 24.6 Å². The maximum atomic E-state index is 13.1. The largest absolute Gasteiger partial charge is 0.416 e. The van der Waals surface area contributed by atoms with Crippen molar-refractivity contribution >= 4 is 31.5 Å². The highest BCUT2D eigenvalue weighted by molar-refractivity contribution is 9.08. The van der Waals surface area contributed by atoms with Crippen molar-refractivity contribution in [1.82, 2.24) is 0 Å². The molecule has 0 spiro atoms. The first-order valence-corrected chi connectivity index (χ1v) is 9.31. The van der Waals surface area contributed by atoms with Crippen LogP contribution in [-0.2, 0) is 21.3 Å². The van der Waals surface area contributed by atoms with Crippen LogP contribution in [0.4, 0.5) is 18.9 Å². The van der Waals surface area contributed by atoms with Crippen molar-refractivity contribution in [3.05, 3.63) is 29.3 Å². The zero-order valence-electron chi connectivity index (χ0n) is 11.3. The van der Waals surface area contributed by atoms with Gasteiger partial charge in [0, 0.05) is 23.6 Å². The molecule has 0 bridgehead atoms. The molecule has 0 N–H and O–H groups in total. The lowest BCUT2D eigenvalue weighted by Crippen LogP contribution is -2.47. The fraction of sp³-hybridized carbons (Fsp3) is 0.538. The van der Waals surface area contributed by atoms with Crippen molar-refractivity contribution in [2.75, 3.05) is 23.0 Å². The third kappa shape index (κ3) is 3.71. The van der Waals surface area contributed by atoms with Crippen LogP contribution >= 0.6 is 15.9 Å². The minimum atomic E-state index is -4.43. The molecule has 0 aliphatic carbocycles. The molecule has 3 nitrogen and oxygen atoms in total. The standard InChI is InChI=1S/C13H15BrF3NO2S/c1-9-8-21(19,20)5-4-18(9)11-3-2-10(7-14)12(6-11)13(15,16)17/h2-3,6,9H,4-5,7-8H2,1H3. The second kappa shape index (κ2) is 5.79. The minimum Gasteiger partial charge on any atom is -0.367 e. The number of anilines is 1. The summed E-state index contributed by atoms with van der Waals surface area (Å²) in [6.45, 7) is 1.93. The molecule has 8 heteroatoms. The first kappa shape index (κ1) is 16.6. The molecule has 0 saturated carbocycles. The number of alkyl halides is 4. The molecule has 1 unspecified atom stereocenters. The van der Waals surface area contributed by atoms with E-state index in [2.05, 4.69) is 15.9 Å². The van der Waals surface area contributed by atoms with E-state index in [1.165, 1.54) is 6.07 Å². The fourth-order valence-electron chi connectivity index (χ4n) is 2.51. The van der Waals surface area contributed by atoms with Gasteiger partial charge in [0.2, 0.25) is 0 Å². The van der Waals surface area contributed by atoms with Crippen LogP contribution in [0.25, 0.3) is 0 Å². The van der Waals surface area contributed by atoms with Gasteiger partial charge < -0.3 is 4.90 Å². The third-order valence-electron chi connectivity index (χ3n) is 3.54. The van der Waals surface area contributed by atoms with Crippen LogP contribution in [0, 0.1) is 0 Å². The summed E-state index contributed by atoms with van der Waals surface area (Å²) in [5.41, 5.74) is -0.101. The second-order valence-corrected chi connectivity index (χ2v) is 7.92. The number of benzene rings is 1. The summed E-state index contributed by atoms with van der Waals surface area (Å²) in [5, 5.41) is 0.117. The van der Waals surface area contributed by atoms with Crippen LogP contribution in [0.1, 0.15) is 18.1 Å². The summed E-state index contributed by atoms with van der Waals surface area (Å²) in [4.78, 5) is 1.72. The van der Waals surface area contributed by atoms with Gasteiger partial charge in [-0.1, -0.05) is 22.0 Å². The molecule has 1 atom stereocenters. The van der Waals surface area contributed by atoms with Gasteiger partial charge in [-0.3, -0.25) is 0 Å². The Kier molecular flexibility index (Phi) is 4.58. The Bertz CT molecular complexity index is 631.